The fourth-order valence-electron chi connectivity index (χ4n) is 6.50. The minimum atomic E-state index is -0.554. The normalized spacial score (nSPS) is 15.0. The molecule has 5 aromatic rings. The van der Waals surface area contributed by atoms with Crippen LogP contribution in [0.15, 0.2) is 95.7 Å². The highest BCUT2D eigenvalue weighted by Crippen LogP contribution is 2.37. The van der Waals surface area contributed by atoms with Crippen LogP contribution in [-0.4, -0.2) is 46.6 Å². The van der Waals surface area contributed by atoms with Crippen LogP contribution in [0.2, 0.25) is 0 Å². The van der Waals surface area contributed by atoms with Crippen LogP contribution >= 0.6 is 0 Å². The molecule has 3 heterocycles. The van der Waals surface area contributed by atoms with Crippen molar-refractivity contribution in [1.82, 2.24) is 20.5 Å². The minimum Gasteiger partial charge on any atom is -0.459 e. The van der Waals surface area contributed by atoms with Crippen LogP contribution in [-0.2, 0) is 16.0 Å². The smallest absolute Gasteiger partial charge is 0.407 e. The molecule has 2 atom stereocenters. The Morgan fingerprint density at radius 2 is 1.71 bits per heavy atom. The van der Waals surface area contributed by atoms with E-state index in [1.165, 1.54) is 5.56 Å². The van der Waals surface area contributed by atoms with Crippen LogP contribution < -0.4 is 10.6 Å². The lowest BCUT2D eigenvalue weighted by Gasteiger charge is -2.44. The van der Waals surface area contributed by atoms with Crippen molar-refractivity contribution in [3.63, 3.8) is 0 Å². The Labute approximate surface area is 282 Å². The second kappa shape index (κ2) is 13.6. The summed E-state index contributed by atoms with van der Waals surface area (Å²) in [5.41, 5.74) is 7.72. The molecule has 0 aliphatic carbocycles. The Balaban J connectivity index is 1.21. The molecule has 2 amide bonds. The summed E-state index contributed by atoms with van der Waals surface area (Å²) in [6.07, 6.45) is 3.49. The van der Waals surface area contributed by atoms with E-state index in [0.29, 0.717) is 13.1 Å². The second-order valence-corrected chi connectivity index (χ2v) is 13.9. The van der Waals surface area contributed by atoms with Crippen molar-refractivity contribution in [3.8, 4) is 0 Å². The average molecular weight is 645 g/mol. The fraction of sp³-hybridized carbons (Fsp3) is 0.325. The molecule has 248 valence electrons. The van der Waals surface area contributed by atoms with Crippen molar-refractivity contribution in [1.29, 1.82) is 0 Å². The monoisotopic (exact) mass is 644 g/mol. The van der Waals surface area contributed by atoms with Gasteiger partial charge in [-0.05, 0) is 99.2 Å². The topological polar surface area (TPSA) is 96.7 Å². The SMILES string of the molecule is Cc1ccc(C(NC(=O)Cc2ccc3oc(C(c4ccncc4C)N4CC(NC(=O)OC(C)(C)C)C4)cc3c2)c2ccccc2)c(C)c1. The highest BCUT2D eigenvalue weighted by molar-refractivity contribution is 5.83. The van der Waals surface area contributed by atoms with E-state index in [9.17, 15) is 9.59 Å². The number of likely N-dealkylation sites (tertiary alicyclic amines) is 1. The van der Waals surface area contributed by atoms with Gasteiger partial charge in [0.25, 0.3) is 0 Å². The summed E-state index contributed by atoms with van der Waals surface area (Å²) in [6, 6.07) is 26.0. The van der Waals surface area contributed by atoms with Crippen molar-refractivity contribution in [2.24, 2.45) is 0 Å². The maximum absolute atomic E-state index is 13.6. The first-order chi connectivity index (χ1) is 22.9. The lowest BCUT2D eigenvalue weighted by molar-refractivity contribution is -0.120. The first-order valence-corrected chi connectivity index (χ1v) is 16.5. The lowest BCUT2D eigenvalue weighted by Crippen LogP contribution is -2.60. The highest BCUT2D eigenvalue weighted by Gasteiger charge is 2.38. The fourth-order valence-corrected chi connectivity index (χ4v) is 6.50. The Kier molecular flexibility index (Phi) is 9.38. The van der Waals surface area contributed by atoms with E-state index < -0.39 is 11.7 Å². The van der Waals surface area contributed by atoms with E-state index in [2.05, 4.69) is 70.8 Å². The van der Waals surface area contributed by atoms with Crippen LogP contribution in [0.5, 0.6) is 0 Å². The first kappa shape index (κ1) is 33.0. The molecule has 6 rings (SSSR count). The van der Waals surface area contributed by atoms with Gasteiger partial charge in [-0.1, -0.05) is 60.2 Å². The van der Waals surface area contributed by atoms with E-state index in [4.69, 9.17) is 9.15 Å². The van der Waals surface area contributed by atoms with Crippen LogP contribution in [0.4, 0.5) is 4.79 Å². The molecule has 1 fully saturated rings. The molecule has 0 bridgehead atoms. The molecule has 1 aliphatic heterocycles. The molecule has 2 aromatic heterocycles. The molecular weight excluding hydrogens is 600 g/mol. The zero-order valence-electron chi connectivity index (χ0n) is 28.5. The van der Waals surface area contributed by atoms with Crippen LogP contribution in [0.1, 0.15) is 77.6 Å². The molecule has 1 aliphatic rings. The number of amides is 2. The Bertz CT molecular complexity index is 1920. The predicted molar refractivity (Wildman–Crippen MR) is 188 cm³/mol. The molecule has 0 saturated carbocycles. The van der Waals surface area contributed by atoms with Gasteiger partial charge < -0.3 is 19.8 Å². The Morgan fingerprint density at radius 3 is 2.42 bits per heavy atom. The summed E-state index contributed by atoms with van der Waals surface area (Å²) in [6.45, 7) is 13.1. The number of fused-ring (bicyclic) bond motifs is 1. The quantitative estimate of drug-likeness (QED) is 0.173. The van der Waals surface area contributed by atoms with Gasteiger partial charge in [-0.2, -0.15) is 0 Å². The number of rotatable bonds is 9. The molecule has 0 radical (unpaired) electrons. The number of alkyl carbamates (subject to hydrolysis) is 1. The zero-order valence-corrected chi connectivity index (χ0v) is 28.5. The van der Waals surface area contributed by atoms with Gasteiger partial charge in [0.1, 0.15) is 16.9 Å². The molecule has 1 saturated heterocycles. The Hall–Kier alpha value is -4.95. The van der Waals surface area contributed by atoms with Gasteiger partial charge in [-0.3, -0.25) is 14.7 Å². The highest BCUT2D eigenvalue weighted by atomic mass is 16.6. The van der Waals surface area contributed by atoms with Crippen LogP contribution in [0, 0.1) is 20.8 Å². The number of carbonyl (C=O) groups is 2. The molecule has 48 heavy (non-hydrogen) atoms. The molecule has 3 aromatic carbocycles. The Morgan fingerprint density at radius 1 is 0.938 bits per heavy atom. The number of furan rings is 1. The summed E-state index contributed by atoms with van der Waals surface area (Å²) in [4.78, 5) is 32.5. The number of pyridine rings is 1. The van der Waals surface area contributed by atoms with Crippen molar-refractivity contribution < 1.29 is 18.7 Å². The van der Waals surface area contributed by atoms with Crippen LogP contribution in [0.3, 0.4) is 0 Å². The van der Waals surface area contributed by atoms with Gasteiger partial charge in [0.2, 0.25) is 5.91 Å². The van der Waals surface area contributed by atoms with Crippen molar-refractivity contribution in [2.75, 3.05) is 13.1 Å². The van der Waals surface area contributed by atoms with Crippen molar-refractivity contribution in [2.45, 2.75) is 71.7 Å². The van der Waals surface area contributed by atoms with E-state index in [1.807, 2.05) is 76.4 Å². The van der Waals surface area contributed by atoms with E-state index in [-0.39, 0.29) is 30.5 Å². The lowest BCUT2D eigenvalue weighted by atomic mass is 9.93. The van der Waals surface area contributed by atoms with Gasteiger partial charge in [0, 0.05) is 30.9 Å². The summed E-state index contributed by atoms with van der Waals surface area (Å²) in [5.74, 6) is 0.747. The molecule has 8 nitrogen and oxygen atoms in total. The molecular formula is C40H44N4O4. The number of hydrogen-bond acceptors (Lipinski definition) is 6. The second-order valence-electron chi connectivity index (χ2n) is 13.9. The largest absolute Gasteiger partial charge is 0.459 e. The van der Waals surface area contributed by atoms with Gasteiger partial charge in [-0.25, -0.2) is 4.79 Å². The molecule has 2 unspecified atom stereocenters. The number of ether oxygens (including phenoxy) is 1. The number of hydrogen-bond donors (Lipinski definition) is 2. The maximum Gasteiger partial charge on any atom is 0.407 e. The number of nitrogens with one attached hydrogen (secondary N) is 2. The van der Waals surface area contributed by atoms with E-state index in [1.54, 1.807) is 6.20 Å². The van der Waals surface area contributed by atoms with Gasteiger partial charge in [-0.15, -0.1) is 0 Å². The summed E-state index contributed by atoms with van der Waals surface area (Å²) >= 11 is 0. The number of nitrogens with zero attached hydrogens (tertiary/aromatic N) is 2. The van der Waals surface area contributed by atoms with Gasteiger partial charge in [0.05, 0.1) is 24.5 Å². The molecule has 8 heteroatoms. The number of aryl methyl sites for hydroxylation is 3. The third-order valence-electron chi connectivity index (χ3n) is 8.76. The van der Waals surface area contributed by atoms with E-state index >= 15 is 0 Å². The van der Waals surface area contributed by atoms with Gasteiger partial charge in [0.15, 0.2) is 0 Å². The summed E-state index contributed by atoms with van der Waals surface area (Å²) in [7, 11) is 0. The summed E-state index contributed by atoms with van der Waals surface area (Å²) in [5, 5.41) is 7.22. The molecule has 2 N–H and O–H groups in total. The minimum absolute atomic E-state index is 0.0256. The van der Waals surface area contributed by atoms with Crippen molar-refractivity contribution in [3.05, 3.63) is 136 Å². The van der Waals surface area contributed by atoms with Gasteiger partial charge >= 0.3 is 6.09 Å². The van der Waals surface area contributed by atoms with Crippen LogP contribution in [0.25, 0.3) is 11.0 Å². The average Bonchev–Trinajstić information content (AvgIpc) is 3.42. The zero-order chi connectivity index (χ0) is 34.0. The third-order valence-corrected chi connectivity index (χ3v) is 8.76. The maximum atomic E-state index is 13.6. The first-order valence-electron chi connectivity index (χ1n) is 16.5. The van der Waals surface area contributed by atoms with Crippen molar-refractivity contribution >= 4 is 23.0 Å². The standard InChI is InChI=1S/C40H44N4O4/c1-25-12-14-32(26(2)18-25)37(29-10-8-7-9-11-29)43-36(45)20-28-13-15-34-30(19-28)21-35(47-34)38(33-16-17-41-22-27(33)3)44-23-31(24-44)42-39(46)48-40(4,5)6/h7-19,21-22,31,37-38H,20,23-24H2,1-6H3,(H,42,46)(H,43,45). The number of benzene rings is 3. The van der Waals surface area contributed by atoms with E-state index in [0.717, 1.165) is 50.1 Å². The number of aromatic nitrogens is 1. The summed E-state index contributed by atoms with van der Waals surface area (Å²) < 4.78 is 11.9. The molecule has 0 spiro atoms. The third kappa shape index (κ3) is 7.60. The number of carbonyl (C=O) groups excluding carboxylic acids is 2. The predicted octanol–water partition coefficient (Wildman–Crippen LogP) is 7.50.